The van der Waals surface area contributed by atoms with Crippen LogP contribution in [0.3, 0.4) is 0 Å². The van der Waals surface area contributed by atoms with Crippen LogP contribution < -0.4 is 10.6 Å². The Morgan fingerprint density at radius 2 is 2.06 bits per heavy atom. The summed E-state index contributed by atoms with van der Waals surface area (Å²) in [5.74, 6) is -0.0152. The molecule has 1 aromatic carbocycles. The predicted octanol–water partition coefficient (Wildman–Crippen LogP) is 0.978. The van der Waals surface area contributed by atoms with Gasteiger partial charge in [-0.25, -0.2) is 0 Å². The van der Waals surface area contributed by atoms with Gasteiger partial charge in [0.25, 0.3) is 5.91 Å². The molecule has 0 aliphatic carbocycles. The lowest BCUT2D eigenvalue weighted by Crippen LogP contribution is -2.28. The van der Waals surface area contributed by atoms with Crippen LogP contribution in [0, 0.1) is 0 Å². The number of aliphatic hydroxyl groups excluding tert-OH is 1. The number of aliphatic hydroxyl groups is 1. The van der Waals surface area contributed by atoms with Gasteiger partial charge in [-0.3, -0.25) is 4.79 Å². The molecular weight excluding hydrogens is 230 g/mol. The molecule has 0 atom stereocenters. The molecule has 0 saturated carbocycles. The highest BCUT2D eigenvalue weighted by atomic mass is 16.3. The lowest BCUT2D eigenvalue weighted by atomic mass is 10.1. The fraction of sp³-hybridized carbons (Fsp3) is 0.462. The molecule has 3 N–H and O–H groups in total. The van der Waals surface area contributed by atoms with Crippen molar-refractivity contribution in [2.45, 2.75) is 6.42 Å². The Bertz CT molecular complexity index is 434. The van der Waals surface area contributed by atoms with Crippen LogP contribution in [0.1, 0.15) is 16.8 Å². The van der Waals surface area contributed by atoms with Crippen molar-refractivity contribution in [2.24, 2.45) is 0 Å². The third-order valence-electron chi connectivity index (χ3n) is 3.02. The fourth-order valence-corrected chi connectivity index (χ4v) is 2.00. The number of amides is 1. The van der Waals surface area contributed by atoms with E-state index in [1.54, 1.807) is 11.9 Å². The van der Waals surface area contributed by atoms with E-state index in [0.717, 1.165) is 24.5 Å². The minimum Gasteiger partial charge on any atom is -0.396 e. The molecule has 98 valence electrons. The molecule has 0 saturated heterocycles. The number of hydrogen-bond acceptors (Lipinski definition) is 4. The van der Waals surface area contributed by atoms with Gasteiger partial charge in [0.2, 0.25) is 0 Å². The summed E-state index contributed by atoms with van der Waals surface area (Å²) >= 11 is 0. The average molecular weight is 249 g/mol. The predicted molar refractivity (Wildman–Crippen MR) is 72.1 cm³/mol. The Labute approximate surface area is 107 Å². The van der Waals surface area contributed by atoms with Crippen molar-refractivity contribution < 1.29 is 9.90 Å². The van der Waals surface area contributed by atoms with Gasteiger partial charge in [0.05, 0.1) is 11.4 Å². The van der Waals surface area contributed by atoms with Crippen LogP contribution in [0.2, 0.25) is 0 Å². The smallest absolute Gasteiger partial charge is 0.253 e. The number of carbonyl (C=O) groups is 1. The Balaban J connectivity index is 2.10. The van der Waals surface area contributed by atoms with Crippen molar-refractivity contribution in [3.63, 3.8) is 0 Å². The number of benzene rings is 1. The second-order valence-electron chi connectivity index (χ2n) is 4.42. The van der Waals surface area contributed by atoms with Crippen molar-refractivity contribution in [3.8, 4) is 0 Å². The highest BCUT2D eigenvalue weighted by Crippen LogP contribution is 2.25. The Kier molecular flexibility index (Phi) is 4.04. The van der Waals surface area contributed by atoms with Gasteiger partial charge < -0.3 is 20.6 Å². The second-order valence-corrected chi connectivity index (χ2v) is 4.42. The summed E-state index contributed by atoms with van der Waals surface area (Å²) in [5, 5.41) is 15.3. The van der Waals surface area contributed by atoms with E-state index in [-0.39, 0.29) is 12.5 Å². The lowest BCUT2D eigenvalue weighted by molar-refractivity contribution is 0.0786. The van der Waals surface area contributed by atoms with Crippen LogP contribution in [0.25, 0.3) is 0 Å². The summed E-state index contributed by atoms with van der Waals surface area (Å²) in [4.78, 5) is 13.8. The maximum Gasteiger partial charge on any atom is 0.253 e. The molecule has 1 aliphatic rings. The molecule has 1 aromatic rings. The second kappa shape index (κ2) is 5.73. The number of anilines is 2. The molecule has 1 aliphatic heterocycles. The third kappa shape index (κ3) is 2.73. The minimum atomic E-state index is -0.0152. The zero-order chi connectivity index (χ0) is 13.0. The van der Waals surface area contributed by atoms with E-state index >= 15 is 0 Å². The lowest BCUT2D eigenvalue weighted by Gasteiger charge is -2.22. The first kappa shape index (κ1) is 12.7. The summed E-state index contributed by atoms with van der Waals surface area (Å²) in [6.07, 6.45) is 0.604. The van der Waals surface area contributed by atoms with Crippen LogP contribution in [0.4, 0.5) is 11.4 Å². The highest BCUT2D eigenvalue weighted by Gasteiger charge is 2.14. The first-order valence-corrected chi connectivity index (χ1v) is 6.20. The standard InChI is InChI=1S/C13H19N3O2/c1-16(7-2-8-17)13(18)10-3-4-11-12(9-10)15-6-5-14-11/h3-4,9,14-15,17H,2,5-8H2,1H3. The molecule has 18 heavy (non-hydrogen) atoms. The maximum absolute atomic E-state index is 12.1. The van der Waals surface area contributed by atoms with Gasteiger partial charge in [-0.05, 0) is 24.6 Å². The van der Waals surface area contributed by atoms with Crippen molar-refractivity contribution in [2.75, 3.05) is 43.9 Å². The van der Waals surface area contributed by atoms with Crippen LogP contribution >= 0.6 is 0 Å². The third-order valence-corrected chi connectivity index (χ3v) is 3.02. The van der Waals surface area contributed by atoms with Crippen LogP contribution in [-0.4, -0.2) is 49.2 Å². The van der Waals surface area contributed by atoms with Gasteiger partial charge in [0.1, 0.15) is 0 Å². The minimum absolute atomic E-state index is 0.0152. The Morgan fingerprint density at radius 1 is 1.33 bits per heavy atom. The van der Waals surface area contributed by atoms with Crippen molar-refractivity contribution in [1.82, 2.24) is 4.90 Å². The zero-order valence-electron chi connectivity index (χ0n) is 10.6. The van der Waals surface area contributed by atoms with Crippen molar-refractivity contribution >= 4 is 17.3 Å². The molecule has 1 amide bonds. The molecule has 0 aromatic heterocycles. The topological polar surface area (TPSA) is 64.6 Å². The van der Waals surface area contributed by atoms with E-state index in [0.29, 0.717) is 18.5 Å². The van der Waals surface area contributed by atoms with Crippen molar-refractivity contribution in [3.05, 3.63) is 23.8 Å². The summed E-state index contributed by atoms with van der Waals surface area (Å²) in [6, 6.07) is 5.63. The SMILES string of the molecule is CN(CCCO)C(=O)c1ccc2c(c1)NCCN2. The van der Waals surface area contributed by atoms with Gasteiger partial charge in [-0.15, -0.1) is 0 Å². The number of fused-ring (bicyclic) bond motifs is 1. The monoisotopic (exact) mass is 249 g/mol. The van der Waals surface area contributed by atoms with E-state index in [9.17, 15) is 4.79 Å². The van der Waals surface area contributed by atoms with Crippen LogP contribution in [0.5, 0.6) is 0 Å². The van der Waals surface area contributed by atoms with Gasteiger partial charge in [0, 0.05) is 38.9 Å². The number of nitrogens with one attached hydrogen (secondary N) is 2. The normalized spacial score (nSPS) is 13.2. The van der Waals surface area contributed by atoms with Crippen LogP contribution in [0.15, 0.2) is 18.2 Å². The largest absolute Gasteiger partial charge is 0.396 e. The van der Waals surface area contributed by atoms with E-state index in [4.69, 9.17) is 5.11 Å². The van der Waals surface area contributed by atoms with Crippen LogP contribution in [-0.2, 0) is 0 Å². The van der Waals surface area contributed by atoms with E-state index in [2.05, 4.69) is 10.6 Å². The number of carbonyl (C=O) groups excluding carboxylic acids is 1. The fourth-order valence-electron chi connectivity index (χ4n) is 2.00. The molecule has 2 rings (SSSR count). The van der Waals surface area contributed by atoms with Gasteiger partial charge in [-0.2, -0.15) is 0 Å². The quantitative estimate of drug-likeness (QED) is 0.744. The molecule has 5 nitrogen and oxygen atoms in total. The summed E-state index contributed by atoms with van der Waals surface area (Å²) in [6.45, 7) is 2.44. The van der Waals surface area contributed by atoms with Crippen molar-refractivity contribution in [1.29, 1.82) is 0 Å². The van der Waals surface area contributed by atoms with Gasteiger partial charge in [0.15, 0.2) is 0 Å². The Hall–Kier alpha value is -1.75. The molecule has 0 fully saturated rings. The molecule has 1 heterocycles. The Morgan fingerprint density at radius 3 is 2.78 bits per heavy atom. The molecule has 0 unspecified atom stereocenters. The summed E-state index contributed by atoms with van der Waals surface area (Å²) in [7, 11) is 1.75. The molecular formula is C13H19N3O2. The molecule has 0 bridgehead atoms. The maximum atomic E-state index is 12.1. The van der Waals surface area contributed by atoms with Gasteiger partial charge >= 0.3 is 0 Å². The first-order chi connectivity index (χ1) is 8.72. The average Bonchev–Trinajstić information content (AvgIpc) is 2.43. The summed E-state index contributed by atoms with van der Waals surface area (Å²) in [5.41, 5.74) is 2.68. The number of hydrogen-bond donors (Lipinski definition) is 3. The van der Waals surface area contributed by atoms with Gasteiger partial charge in [-0.1, -0.05) is 0 Å². The number of rotatable bonds is 4. The summed E-state index contributed by atoms with van der Waals surface area (Å²) < 4.78 is 0. The van der Waals surface area contributed by atoms with E-state index in [1.165, 1.54) is 0 Å². The molecule has 5 heteroatoms. The van der Waals surface area contributed by atoms with E-state index in [1.807, 2.05) is 18.2 Å². The van der Waals surface area contributed by atoms with E-state index < -0.39 is 0 Å². The zero-order valence-corrected chi connectivity index (χ0v) is 10.6. The first-order valence-electron chi connectivity index (χ1n) is 6.20. The highest BCUT2D eigenvalue weighted by molar-refractivity contribution is 5.96. The number of nitrogens with zero attached hydrogens (tertiary/aromatic N) is 1. The molecule has 0 spiro atoms. The molecule has 0 radical (unpaired) electrons.